The molecule has 0 fully saturated rings. The van der Waals surface area contributed by atoms with Crippen molar-refractivity contribution in [2.45, 2.75) is 6.42 Å². The third kappa shape index (κ3) is 4.13. The number of fused-ring (bicyclic) bond motifs is 1. The molecule has 156 valence electrons. The molecule has 0 unspecified atom stereocenters. The number of carboxylic acid groups (broad SMARTS) is 1. The van der Waals surface area contributed by atoms with Gasteiger partial charge in [-0.2, -0.15) is 0 Å². The lowest BCUT2D eigenvalue weighted by molar-refractivity contribution is 0.0654. The summed E-state index contributed by atoms with van der Waals surface area (Å²) < 4.78 is 13.1. The zero-order valence-corrected chi connectivity index (χ0v) is 16.3. The molecule has 0 radical (unpaired) electrons. The first-order chi connectivity index (χ1) is 14.9. The molecule has 0 spiro atoms. The average Bonchev–Trinajstić information content (AvgIpc) is 3.00. The lowest BCUT2D eigenvalue weighted by atomic mass is 10.1. The minimum atomic E-state index is -1.20. The summed E-state index contributed by atoms with van der Waals surface area (Å²) in [5.41, 5.74) is 2.43. The predicted octanol–water partition coefficient (Wildman–Crippen LogP) is 3.22. The fourth-order valence-corrected chi connectivity index (χ4v) is 3.49. The maximum Gasteiger partial charge on any atom is 0.356 e. The number of anilines is 1. The van der Waals surface area contributed by atoms with E-state index in [2.05, 4.69) is 10.3 Å². The lowest BCUT2D eigenvalue weighted by Crippen LogP contribution is -2.34. The number of amides is 2. The van der Waals surface area contributed by atoms with Gasteiger partial charge >= 0.3 is 5.97 Å². The number of pyridine rings is 1. The Balaban J connectivity index is 1.47. The third-order valence-corrected chi connectivity index (χ3v) is 5.00. The van der Waals surface area contributed by atoms with Gasteiger partial charge in [-0.3, -0.25) is 14.5 Å². The zero-order valence-electron chi connectivity index (χ0n) is 16.3. The van der Waals surface area contributed by atoms with Gasteiger partial charge in [0.25, 0.3) is 11.8 Å². The minimum Gasteiger partial charge on any atom is -0.476 e. The highest BCUT2D eigenvalue weighted by Crippen LogP contribution is 2.23. The fourth-order valence-electron chi connectivity index (χ4n) is 3.49. The maximum atomic E-state index is 13.1. The van der Waals surface area contributed by atoms with E-state index in [1.165, 1.54) is 18.3 Å². The highest BCUT2D eigenvalue weighted by atomic mass is 19.1. The van der Waals surface area contributed by atoms with Gasteiger partial charge in [0.1, 0.15) is 5.82 Å². The molecule has 0 atom stereocenters. The lowest BCUT2D eigenvalue weighted by Gasteiger charge is -2.16. The number of halogens is 1. The van der Waals surface area contributed by atoms with Crippen LogP contribution in [0.2, 0.25) is 0 Å². The zero-order chi connectivity index (χ0) is 22.0. The largest absolute Gasteiger partial charge is 0.476 e. The molecule has 0 aliphatic carbocycles. The molecular formula is C23H18FN3O4. The van der Waals surface area contributed by atoms with E-state index in [0.29, 0.717) is 17.5 Å². The van der Waals surface area contributed by atoms with Crippen molar-refractivity contribution in [1.82, 2.24) is 9.88 Å². The quantitative estimate of drug-likeness (QED) is 0.571. The molecule has 31 heavy (non-hydrogen) atoms. The van der Waals surface area contributed by atoms with Crippen molar-refractivity contribution in [2.24, 2.45) is 0 Å². The monoisotopic (exact) mass is 419 g/mol. The summed E-state index contributed by atoms with van der Waals surface area (Å²) in [6.45, 7) is 0.237. The molecule has 0 saturated carbocycles. The summed E-state index contributed by atoms with van der Waals surface area (Å²) in [4.78, 5) is 41.6. The molecule has 1 aliphatic heterocycles. The predicted molar refractivity (Wildman–Crippen MR) is 111 cm³/mol. The minimum absolute atomic E-state index is 0.0770. The van der Waals surface area contributed by atoms with Gasteiger partial charge in [0.2, 0.25) is 0 Å². The SMILES string of the molecule is O=C(O)c1ncc(Cc2ccc(F)cc2)cc1NCCN1C(=O)c2ccccc2C1=O. The number of carbonyl (C=O) groups is 3. The van der Waals surface area contributed by atoms with E-state index in [1.807, 2.05) is 0 Å². The second-order valence-electron chi connectivity index (χ2n) is 7.08. The number of hydrogen-bond donors (Lipinski definition) is 2. The Bertz CT molecular complexity index is 1140. The number of aromatic carboxylic acids is 1. The van der Waals surface area contributed by atoms with E-state index in [0.717, 1.165) is 16.0 Å². The molecule has 2 amide bonds. The third-order valence-electron chi connectivity index (χ3n) is 5.00. The van der Waals surface area contributed by atoms with Gasteiger partial charge in [-0.15, -0.1) is 0 Å². The first kappa shape index (κ1) is 20.2. The first-order valence-electron chi connectivity index (χ1n) is 9.60. The smallest absolute Gasteiger partial charge is 0.356 e. The van der Waals surface area contributed by atoms with E-state index in [-0.39, 0.29) is 42.1 Å². The Morgan fingerprint density at radius 2 is 1.65 bits per heavy atom. The molecule has 0 saturated heterocycles. The van der Waals surface area contributed by atoms with E-state index < -0.39 is 5.97 Å². The van der Waals surface area contributed by atoms with Crippen molar-refractivity contribution >= 4 is 23.5 Å². The van der Waals surface area contributed by atoms with Crippen molar-refractivity contribution in [3.63, 3.8) is 0 Å². The number of benzene rings is 2. The van der Waals surface area contributed by atoms with Crippen molar-refractivity contribution < 1.29 is 23.9 Å². The molecule has 2 N–H and O–H groups in total. The molecule has 7 nitrogen and oxygen atoms in total. The van der Waals surface area contributed by atoms with Gasteiger partial charge in [-0.05, 0) is 47.9 Å². The molecule has 1 aromatic heterocycles. The maximum absolute atomic E-state index is 13.1. The van der Waals surface area contributed by atoms with Gasteiger partial charge in [0.15, 0.2) is 5.69 Å². The average molecular weight is 419 g/mol. The molecule has 0 bridgehead atoms. The summed E-state index contributed by atoms with van der Waals surface area (Å²) in [7, 11) is 0. The van der Waals surface area contributed by atoms with Crippen LogP contribution in [0.1, 0.15) is 42.3 Å². The molecule has 3 aromatic rings. The number of rotatable bonds is 7. The number of imide groups is 1. The van der Waals surface area contributed by atoms with Crippen LogP contribution in [-0.4, -0.2) is 45.9 Å². The number of aromatic nitrogens is 1. The summed E-state index contributed by atoms with van der Waals surface area (Å²) in [6.07, 6.45) is 1.91. The van der Waals surface area contributed by atoms with Crippen molar-refractivity contribution in [2.75, 3.05) is 18.4 Å². The molecule has 8 heteroatoms. The van der Waals surface area contributed by atoms with Crippen LogP contribution in [0.25, 0.3) is 0 Å². The Labute approximate surface area is 177 Å². The van der Waals surface area contributed by atoms with Crippen LogP contribution < -0.4 is 5.32 Å². The van der Waals surface area contributed by atoms with Gasteiger partial charge in [-0.25, -0.2) is 14.2 Å². The summed E-state index contributed by atoms with van der Waals surface area (Å²) >= 11 is 0. The summed E-state index contributed by atoms with van der Waals surface area (Å²) in [5, 5.41) is 12.4. The van der Waals surface area contributed by atoms with Crippen molar-refractivity contribution in [1.29, 1.82) is 0 Å². The fraction of sp³-hybridized carbons (Fsp3) is 0.130. The van der Waals surface area contributed by atoms with E-state index in [9.17, 15) is 23.9 Å². The Hall–Kier alpha value is -4.07. The van der Waals surface area contributed by atoms with Crippen LogP contribution in [0.5, 0.6) is 0 Å². The topological polar surface area (TPSA) is 99.6 Å². The number of carboxylic acids is 1. The first-order valence-corrected chi connectivity index (χ1v) is 9.60. The van der Waals surface area contributed by atoms with E-state index in [4.69, 9.17) is 0 Å². The number of nitrogens with zero attached hydrogens (tertiary/aromatic N) is 2. The Kier molecular flexibility index (Phi) is 5.44. The highest BCUT2D eigenvalue weighted by molar-refractivity contribution is 6.21. The number of carbonyl (C=O) groups excluding carboxylic acids is 2. The summed E-state index contributed by atoms with van der Waals surface area (Å²) in [5.74, 6) is -2.27. The number of hydrogen-bond acceptors (Lipinski definition) is 5. The molecule has 2 aromatic carbocycles. The van der Waals surface area contributed by atoms with Crippen LogP contribution in [0.15, 0.2) is 60.8 Å². The second kappa shape index (κ2) is 8.35. The van der Waals surface area contributed by atoms with Crippen LogP contribution in [-0.2, 0) is 6.42 Å². The van der Waals surface area contributed by atoms with Gasteiger partial charge in [-0.1, -0.05) is 24.3 Å². The van der Waals surface area contributed by atoms with Gasteiger partial charge < -0.3 is 10.4 Å². The van der Waals surface area contributed by atoms with Crippen molar-refractivity contribution in [3.05, 3.63) is 94.6 Å². The number of nitrogens with one attached hydrogen (secondary N) is 1. The normalized spacial score (nSPS) is 12.7. The van der Waals surface area contributed by atoms with Gasteiger partial charge in [0.05, 0.1) is 16.8 Å². The van der Waals surface area contributed by atoms with Crippen molar-refractivity contribution in [3.8, 4) is 0 Å². The Morgan fingerprint density at radius 3 is 2.26 bits per heavy atom. The standard InChI is InChI=1S/C23H18FN3O4/c24-16-7-5-14(6-8-16)11-15-12-19(20(23(30)31)26-13-15)25-9-10-27-21(28)17-3-1-2-4-18(17)22(27)29/h1-8,12-13,25H,9-11H2,(H,30,31). The van der Waals surface area contributed by atoms with Crippen LogP contribution in [0, 0.1) is 5.82 Å². The highest BCUT2D eigenvalue weighted by Gasteiger charge is 2.34. The summed E-state index contributed by atoms with van der Waals surface area (Å²) in [6, 6.07) is 14.3. The van der Waals surface area contributed by atoms with Crippen LogP contribution in [0.4, 0.5) is 10.1 Å². The van der Waals surface area contributed by atoms with Crippen LogP contribution >= 0.6 is 0 Å². The molecule has 2 heterocycles. The van der Waals surface area contributed by atoms with Crippen LogP contribution in [0.3, 0.4) is 0 Å². The van der Waals surface area contributed by atoms with Gasteiger partial charge in [0, 0.05) is 19.3 Å². The molecule has 1 aliphatic rings. The molecular weight excluding hydrogens is 401 g/mol. The van der Waals surface area contributed by atoms with E-state index in [1.54, 1.807) is 42.5 Å². The second-order valence-corrected chi connectivity index (χ2v) is 7.08. The molecule has 4 rings (SSSR count). The van der Waals surface area contributed by atoms with E-state index >= 15 is 0 Å². The Morgan fingerprint density at radius 1 is 1.00 bits per heavy atom.